The first kappa shape index (κ1) is 14.8. The maximum Gasteiger partial charge on any atom is 0.273 e. The van der Waals surface area contributed by atoms with Crippen molar-refractivity contribution in [2.75, 3.05) is 13.2 Å². The van der Waals surface area contributed by atoms with Gasteiger partial charge in [-0.25, -0.2) is 4.98 Å². The largest absolute Gasteiger partial charge is 0.374 e. The van der Waals surface area contributed by atoms with Gasteiger partial charge in [-0.3, -0.25) is 4.79 Å². The Morgan fingerprint density at radius 3 is 3.04 bits per heavy atom. The van der Waals surface area contributed by atoms with Crippen molar-refractivity contribution in [2.45, 2.75) is 37.8 Å². The van der Waals surface area contributed by atoms with Crippen LogP contribution in [0.3, 0.4) is 0 Å². The number of aromatic nitrogens is 1. The van der Waals surface area contributed by atoms with E-state index in [4.69, 9.17) is 4.74 Å². The van der Waals surface area contributed by atoms with Gasteiger partial charge in [0.2, 0.25) is 0 Å². The third-order valence-electron chi connectivity index (χ3n) is 4.71. The van der Waals surface area contributed by atoms with Crippen LogP contribution in [0.4, 0.5) is 0 Å². The summed E-state index contributed by atoms with van der Waals surface area (Å²) >= 11 is 1.57. The molecular formula is C18H20N2O2S. The molecule has 4 nitrogen and oxygen atoms in total. The summed E-state index contributed by atoms with van der Waals surface area (Å²) in [6.07, 6.45) is 4.29. The van der Waals surface area contributed by atoms with Crippen LogP contribution in [0.15, 0.2) is 35.7 Å². The molecule has 1 aromatic heterocycles. The SMILES string of the molecule is O=C(c1csc(Cc2ccccc2)n1)N1CCO[C@H]2CCC[C@H]21. The average Bonchev–Trinajstić information content (AvgIpc) is 3.24. The zero-order chi connectivity index (χ0) is 15.6. The van der Waals surface area contributed by atoms with Crippen LogP contribution in [0, 0.1) is 0 Å². The normalized spacial score (nSPS) is 23.7. The Hall–Kier alpha value is -1.72. The second-order valence-electron chi connectivity index (χ2n) is 6.19. The highest BCUT2D eigenvalue weighted by molar-refractivity contribution is 7.09. The van der Waals surface area contributed by atoms with Gasteiger partial charge < -0.3 is 9.64 Å². The minimum absolute atomic E-state index is 0.0701. The highest BCUT2D eigenvalue weighted by Crippen LogP contribution is 2.30. The maximum atomic E-state index is 12.8. The van der Waals surface area contributed by atoms with Gasteiger partial charge in [-0.2, -0.15) is 0 Å². The molecule has 1 aromatic carbocycles. The van der Waals surface area contributed by atoms with Gasteiger partial charge in [-0.05, 0) is 24.8 Å². The fraction of sp³-hybridized carbons (Fsp3) is 0.444. The number of morpholine rings is 1. The number of carbonyl (C=O) groups is 1. The third-order valence-corrected chi connectivity index (χ3v) is 5.56. The van der Waals surface area contributed by atoms with Gasteiger partial charge in [0.05, 0.1) is 23.8 Å². The molecule has 120 valence electrons. The van der Waals surface area contributed by atoms with Gasteiger partial charge in [0, 0.05) is 18.3 Å². The van der Waals surface area contributed by atoms with E-state index in [9.17, 15) is 4.79 Å². The molecule has 0 bridgehead atoms. The predicted molar refractivity (Wildman–Crippen MR) is 89.8 cm³/mol. The molecule has 2 fully saturated rings. The second kappa shape index (κ2) is 6.42. The van der Waals surface area contributed by atoms with Crippen molar-refractivity contribution in [2.24, 2.45) is 0 Å². The summed E-state index contributed by atoms with van der Waals surface area (Å²) in [4.78, 5) is 19.4. The van der Waals surface area contributed by atoms with Crippen LogP contribution in [0.5, 0.6) is 0 Å². The first-order valence-electron chi connectivity index (χ1n) is 8.22. The molecule has 1 amide bonds. The van der Waals surface area contributed by atoms with Crippen LogP contribution in [0.25, 0.3) is 0 Å². The van der Waals surface area contributed by atoms with Gasteiger partial charge >= 0.3 is 0 Å². The number of benzene rings is 1. The number of hydrogen-bond donors (Lipinski definition) is 0. The highest BCUT2D eigenvalue weighted by atomic mass is 32.1. The Bertz CT molecular complexity index is 685. The average molecular weight is 328 g/mol. The summed E-state index contributed by atoms with van der Waals surface area (Å²) in [6.45, 7) is 1.33. The molecule has 2 heterocycles. The molecule has 0 unspecified atom stereocenters. The topological polar surface area (TPSA) is 42.4 Å². The Morgan fingerprint density at radius 1 is 1.30 bits per heavy atom. The van der Waals surface area contributed by atoms with E-state index in [1.165, 1.54) is 5.56 Å². The van der Waals surface area contributed by atoms with E-state index in [-0.39, 0.29) is 18.1 Å². The Balaban J connectivity index is 1.48. The van der Waals surface area contributed by atoms with Crippen molar-refractivity contribution in [1.29, 1.82) is 0 Å². The lowest BCUT2D eigenvalue weighted by molar-refractivity contribution is -0.0447. The lowest BCUT2D eigenvalue weighted by Crippen LogP contribution is -2.51. The Morgan fingerprint density at radius 2 is 2.17 bits per heavy atom. The first-order valence-corrected chi connectivity index (χ1v) is 9.10. The molecule has 1 aliphatic heterocycles. The van der Waals surface area contributed by atoms with Gasteiger partial charge in [0.15, 0.2) is 0 Å². The molecule has 1 aliphatic carbocycles. The van der Waals surface area contributed by atoms with Crippen molar-refractivity contribution in [3.8, 4) is 0 Å². The van der Waals surface area contributed by atoms with Gasteiger partial charge in [0.25, 0.3) is 5.91 Å². The maximum absolute atomic E-state index is 12.8. The van der Waals surface area contributed by atoms with E-state index in [2.05, 4.69) is 17.1 Å². The summed E-state index contributed by atoms with van der Waals surface area (Å²) in [5, 5.41) is 2.90. The number of hydrogen-bond acceptors (Lipinski definition) is 4. The summed E-state index contributed by atoms with van der Waals surface area (Å²) in [6, 6.07) is 10.5. The number of thiazole rings is 1. The third kappa shape index (κ3) is 3.03. The molecule has 5 heteroatoms. The van der Waals surface area contributed by atoms with Crippen molar-refractivity contribution in [1.82, 2.24) is 9.88 Å². The first-order chi connectivity index (χ1) is 11.3. The smallest absolute Gasteiger partial charge is 0.273 e. The van der Waals surface area contributed by atoms with Gasteiger partial charge in [0.1, 0.15) is 5.69 Å². The van der Waals surface area contributed by atoms with Gasteiger partial charge in [-0.15, -0.1) is 11.3 Å². The zero-order valence-corrected chi connectivity index (χ0v) is 13.8. The molecular weight excluding hydrogens is 308 g/mol. The van der Waals surface area contributed by atoms with E-state index in [0.29, 0.717) is 18.8 Å². The van der Waals surface area contributed by atoms with Crippen molar-refractivity contribution >= 4 is 17.2 Å². The predicted octanol–water partition coefficient (Wildman–Crippen LogP) is 3.13. The molecule has 4 rings (SSSR count). The summed E-state index contributed by atoms with van der Waals surface area (Å²) in [7, 11) is 0. The van der Waals surface area contributed by atoms with Crippen LogP contribution in [0.1, 0.15) is 40.3 Å². The number of nitrogens with zero attached hydrogens (tertiary/aromatic N) is 2. The quantitative estimate of drug-likeness (QED) is 0.869. The lowest BCUT2D eigenvalue weighted by Gasteiger charge is -2.37. The molecule has 0 radical (unpaired) electrons. The molecule has 2 aromatic rings. The number of fused-ring (bicyclic) bond motifs is 1. The van der Waals surface area contributed by atoms with E-state index in [1.54, 1.807) is 11.3 Å². The second-order valence-corrected chi connectivity index (χ2v) is 7.14. The van der Waals surface area contributed by atoms with Gasteiger partial charge in [-0.1, -0.05) is 30.3 Å². The zero-order valence-electron chi connectivity index (χ0n) is 13.0. The fourth-order valence-electron chi connectivity index (χ4n) is 3.59. The van der Waals surface area contributed by atoms with E-state index >= 15 is 0 Å². The summed E-state index contributed by atoms with van der Waals surface area (Å²) in [5.74, 6) is 0.0701. The summed E-state index contributed by atoms with van der Waals surface area (Å²) < 4.78 is 5.79. The number of carbonyl (C=O) groups excluding carboxylic acids is 1. The molecule has 0 N–H and O–H groups in total. The number of rotatable bonds is 3. The molecule has 2 atom stereocenters. The molecule has 1 saturated heterocycles. The molecule has 0 spiro atoms. The van der Waals surface area contributed by atoms with Crippen molar-refractivity contribution < 1.29 is 9.53 Å². The van der Waals surface area contributed by atoms with Crippen LogP contribution < -0.4 is 0 Å². The van der Waals surface area contributed by atoms with Crippen LogP contribution in [-0.4, -0.2) is 41.1 Å². The number of amides is 1. The van der Waals surface area contributed by atoms with Crippen molar-refractivity contribution in [3.05, 3.63) is 52.0 Å². The fourth-order valence-corrected chi connectivity index (χ4v) is 4.39. The summed E-state index contributed by atoms with van der Waals surface area (Å²) in [5.41, 5.74) is 1.82. The van der Waals surface area contributed by atoms with E-state index < -0.39 is 0 Å². The minimum atomic E-state index is 0.0701. The molecule has 1 saturated carbocycles. The molecule has 23 heavy (non-hydrogen) atoms. The minimum Gasteiger partial charge on any atom is -0.374 e. The van der Waals surface area contributed by atoms with Crippen LogP contribution in [-0.2, 0) is 11.2 Å². The number of ether oxygens (including phenoxy) is 1. The Kier molecular flexibility index (Phi) is 4.14. The highest BCUT2D eigenvalue weighted by Gasteiger charge is 2.39. The van der Waals surface area contributed by atoms with E-state index in [0.717, 1.165) is 30.7 Å². The lowest BCUT2D eigenvalue weighted by atomic mass is 10.1. The van der Waals surface area contributed by atoms with Crippen LogP contribution in [0.2, 0.25) is 0 Å². The van der Waals surface area contributed by atoms with Crippen molar-refractivity contribution in [3.63, 3.8) is 0 Å². The molecule has 2 aliphatic rings. The Labute approximate surface area is 140 Å². The standard InChI is InChI=1S/C18H20N2O2S/c21-18(20-9-10-22-16-8-4-7-15(16)20)14-12-23-17(19-14)11-13-5-2-1-3-6-13/h1-3,5-6,12,15-16H,4,7-11H2/t15-,16+/m1/s1. The van der Waals surface area contributed by atoms with Crippen LogP contribution >= 0.6 is 11.3 Å². The van der Waals surface area contributed by atoms with E-state index in [1.807, 2.05) is 28.5 Å². The monoisotopic (exact) mass is 328 g/mol.